The van der Waals surface area contributed by atoms with E-state index in [1.165, 1.54) is 11.3 Å². The highest BCUT2D eigenvalue weighted by molar-refractivity contribution is 7.12. The zero-order chi connectivity index (χ0) is 12.3. The SMILES string of the molecule is CCN(C(=O)c1sccc1Cl)C1CCNCC1. The normalized spacial score (nSPS) is 17.1. The van der Waals surface area contributed by atoms with Gasteiger partial charge in [-0.1, -0.05) is 11.6 Å². The molecule has 0 radical (unpaired) electrons. The smallest absolute Gasteiger partial charge is 0.265 e. The maximum absolute atomic E-state index is 12.4. The molecule has 0 unspecified atom stereocenters. The number of hydrogen-bond donors (Lipinski definition) is 1. The van der Waals surface area contributed by atoms with Gasteiger partial charge in [0.1, 0.15) is 4.88 Å². The summed E-state index contributed by atoms with van der Waals surface area (Å²) in [6.07, 6.45) is 2.06. The van der Waals surface area contributed by atoms with Crippen LogP contribution in [0.5, 0.6) is 0 Å². The standard InChI is InChI=1S/C12H17ClN2OS/c1-2-15(9-3-6-14-7-4-9)12(16)11-10(13)5-8-17-11/h5,8-9,14H,2-4,6-7H2,1H3. The largest absolute Gasteiger partial charge is 0.335 e. The van der Waals surface area contributed by atoms with Crippen LogP contribution in [0.4, 0.5) is 0 Å². The van der Waals surface area contributed by atoms with Crippen LogP contribution in [0.2, 0.25) is 5.02 Å². The molecule has 1 aliphatic heterocycles. The Morgan fingerprint density at radius 2 is 2.29 bits per heavy atom. The lowest BCUT2D eigenvalue weighted by molar-refractivity contribution is 0.0661. The Morgan fingerprint density at radius 1 is 1.59 bits per heavy atom. The Labute approximate surface area is 111 Å². The van der Waals surface area contributed by atoms with Crippen molar-refractivity contribution < 1.29 is 4.79 Å². The van der Waals surface area contributed by atoms with Crippen molar-refractivity contribution in [2.45, 2.75) is 25.8 Å². The minimum atomic E-state index is 0.0828. The van der Waals surface area contributed by atoms with Gasteiger partial charge in [0.2, 0.25) is 0 Å². The van der Waals surface area contributed by atoms with Gasteiger partial charge in [-0.05, 0) is 44.3 Å². The van der Waals surface area contributed by atoms with Gasteiger partial charge >= 0.3 is 0 Å². The van der Waals surface area contributed by atoms with Gasteiger partial charge in [-0.2, -0.15) is 0 Å². The van der Waals surface area contributed by atoms with E-state index in [9.17, 15) is 4.79 Å². The first-order chi connectivity index (χ1) is 8.24. The maximum atomic E-state index is 12.4. The average molecular weight is 273 g/mol. The van der Waals surface area contributed by atoms with E-state index in [1.54, 1.807) is 6.07 Å². The first-order valence-electron chi connectivity index (χ1n) is 5.98. The minimum absolute atomic E-state index is 0.0828. The third-order valence-corrected chi connectivity index (χ3v) is 4.49. The van der Waals surface area contributed by atoms with E-state index in [0.29, 0.717) is 15.9 Å². The quantitative estimate of drug-likeness (QED) is 0.917. The van der Waals surface area contributed by atoms with Crippen LogP contribution in [-0.4, -0.2) is 36.5 Å². The lowest BCUT2D eigenvalue weighted by Crippen LogP contribution is -2.45. The molecule has 1 aromatic rings. The first kappa shape index (κ1) is 12.9. The van der Waals surface area contributed by atoms with E-state index in [2.05, 4.69) is 5.32 Å². The van der Waals surface area contributed by atoms with Gasteiger partial charge < -0.3 is 10.2 Å². The molecule has 5 heteroatoms. The van der Waals surface area contributed by atoms with Crippen LogP contribution >= 0.6 is 22.9 Å². The fourth-order valence-corrected chi connectivity index (χ4v) is 3.35. The molecule has 17 heavy (non-hydrogen) atoms. The molecule has 0 aliphatic carbocycles. The second kappa shape index (κ2) is 5.85. The first-order valence-corrected chi connectivity index (χ1v) is 7.24. The summed E-state index contributed by atoms with van der Waals surface area (Å²) < 4.78 is 0. The number of hydrogen-bond acceptors (Lipinski definition) is 3. The number of thiophene rings is 1. The fraction of sp³-hybridized carbons (Fsp3) is 0.583. The van der Waals surface area contributed by atoms with Crippen LogP contribution < -0.4 is 5.32 Å². The van der Waals surface area contributed by atoms with E-state index >= 15 is 0 Å². The fourth-order valence-electron chi connectivity index (χ4n) is 2.26. The Balaban J connectivity index is 2.12. The van der Waals surface area contributed by atoms with Crippen LogP contribution in [0, 0.1) is 0 Å². The Morgan fingerprint density at radius 3 is 2.82 bits per heavy atom. The highest BCUT2D eigenvalue weighted by Crippen LogP contribution is 2.25. The summed E-state index contributed by atoms with van der Waals surface area (Å²) in [5.41, 5.74) is 0. The van der Waals surface area contributed by atoms with Crippen LogP contribution in [0.3, 0.4) is 0 Å². The van der Waals surface area contributed by atoms with Gasteiger partial charge in [0, 0.05) is 12.6 Å². The van der Waals surface area contributed by atoms with E-state index in [-0.39, 0.29) is 5.91 Å². The van der Waals surface area contributed by atoms with Crippen molar-refractivity contribution in [1.29, 1.82) is 0 Å². The molecule has 1 fully saturated rings. The third-order valence-electron chi connectivity index (χ3n) is 3.16. The van der Waals surface area contributed by atoms with Crippen LogP contribution in [0.1, 0.15) is 29.4 Å². The molecule has 1 N–H and O–H groups in total. The molecular weight excluding hydrogens is 256 g/mol. The van der Waals surface area contributed by atoms with Crippen LogP contribution in [0.15, 0.2) is 11.4 Å². The van der Waals surface area contributed by atoms with E-state index in [1.807, 2.05) is 17.2 Å². The predicted molar refractivity (Wildman–Crippen MR) is 71.9 cm³/mol. The van der Waals surface area contributed by atoms with Crippen molar-refractivity contribution in [2.75, 3.05) is 19.6 Å². The van der Waals surface area contributed by atoms with Gasteiger partial charge in [-0.15, -0.1) is 11.3 Å². The van der Waals surface area contributed by atoms with Gasteiger partial charge in [0.25, 0.3) is 5.91 Å². The molecule has 0 bridgehead atoms. The lowest BCUT2D eigenvalue weighted by Gasteiger charge is -2.33. The Hall–Kier alpha value is -0.580. The van der Waals surface area contributed by atoms with Crippen molar-refractivity contribution in [3.63, 3.8) is 0 Å². The summed E-state index contributed by atoms with van der Waals surface area (Å²) in [5, 5.41) is 5.76. The molecular formula is C12H17ClN2OS. The molecule has 0 aromatic carbocycles. The monoisotopic (exact) mass is 272 g/mol. The lowest BCUT2D eigenvalue weighted by atomic mass is 10.0. The Kier molecular flexibility index (Phi) is 4.42. The van der Waals surface area contributed by atoms with Crippen LogP contribution in [-0.2, 0) is 0 Å². The number of halogens is 1. The maximum Gasteiger partial charge on any atom is 0.265 e. The number of nitrogens with one attached hydrogen (secondary N) is 1. The number of carbonyl (C=O) groups excluding carboxylic acids is 1. The number of piperidine rings is 1. The highest BCUT2D eigenvalue weighted by Gasteiger charge is 2.26. The molecule has 0 saturated carbocycles. The van der Waals surface area contributed by atoms with E-state index < -0.39 is 0 Å². The summed E-state index contributed by atoms with van der Waals surface area (Å²) in [6.45, 7) is 4.76. The van der Waals surface area contributed by atoms with Crippen molar-refractivity contribution >= 4 is 28.8 Å². The molecule has 0 spiro atoms. The summed E-state index contributed by atoms with van der Waals surface area (Å²) in [5.74, 6) is 0.0828. The molecule has 94 valence electrons. The zero-order valence-electron chi connectivity index (χ0n) is 9.91. The van der Waals surface area contributed by atoms with Crippen molar-refractivity contribution in [1.82, 2.24) is 10.2 Å². The topological polar surface area (TPSA) is 32.3 Å². The van der Waals surface area contributed by atoms with Crippen molar-refractivity contribution in [2.24, 2.45) is 0 Å². The Bertz CT molecular complexity index is 388. The minimum Gasteiger partial charge on any atom is -0.335 e. The van der Waals surface area contributed by atoms with Crippen molar-refractivity contribution in [3.8, 4) is 0 Å². The molecule has 3 nitrogen and oxygen atoms in total. The van der Waals surface area contributed by atoms with Gasteiger partial charge in [0.15, 0.2) is 0 Å². The molecule has 1 saturated heterocycles. The van der Waals surface area contributed by atoms with Gasteiger partial charge in [-0.3, -0.25) is 4.79 Å². The van der Waals surface area contributed by atoms with Gasteiger partial charge in [-0.25, -0.2) is 0 Å². The molecule has 2 heterocycles. The number of rotatable bonds is 3. The predicted octanol–water partition coefficient (Wildman–Crippen LogP) is 2.62. The summed E-state index contributed by atoms with van der Waals surface area (Å²) >= 11 is 7.45. The second-order valence-corrected chi connectivity index (χ2v) is 5.49. The number of amides is 1. The molecule has 1 aromatic heterocycles. The summed E-state index contributed by atoms with van der Waals surface area (Å²) in [4.78, 5) is 15.0. The van der Waals surface area contributed by atoms with Crippen LogP contribution in [0.25, 0.3) is 0 Å². The third kappa shape index (κ3) is 2.81. The molecule has 0 atom stereocenters. The number of nitrogens with zero attached hydrogens (tertiary/aromatic N) is 1. The van der Waals surface area contributed by atoms with Gasteiger partial charge in [0.05, 0.1) is 5.02 Å². The molecule has 1 aliphatic rings. The number of carbonyl (C=O) groups is 1. The second-order valence-electron chi connectivity index (χ2n) is 4.17. The van der Waals surface area contributed by atoms with E-state index in [0.717, 1.165) is 32.5 Å². The summed E-state index contributed by atoms with van der Waals surface area (Å²) in [7, 11) is 0. The van der Waals surface area contributed by atoms with Crippen molar-refractivity contribution in [3.05, 3.63) is 21.3 Å². The van der Waals surface area contributed by atoms with E-state index in [4.69, 9.17) is 11.6 Å². The highest BCUT2D eigenvalue weighted by atomic mass is 35.5. The summed E-state index contributed by atoms with van der Waals surface area (Å²) in [6, 6.07) is 2.14. The average Bonchev–Trinajstić information content (AvgIpc) is 2.77. The molecule has 1 amide bonds. The zero-order valence-corrected chi connectivity index (χ0v) is 11.5. The molecule has 2 rings (SSSR count).